The number of thioether (sulfide) groups is 1. The van der Waals surface area contributed by atoms with Crippen LogP contribution >= 0.6 is 11.8 Å². The maximum absolute atomic E-state index is 14.1. The van der Waals surface area contributed by atoms with E-state index >= 15 is 0 Å². The topological polar surface area (TPSA) is 37.4 Å². The molecule has 3 nitrogen and oxygen atoms in total. The molecule has 1 aliphatic rings. The SMILES string of the molecule is CC(=O)c1ccc(SCC(=O)N(Cc2ccccc2F)C2CC2)c(F)c1. The minimum absolute atomic E-state index is 0.0707. The third-order valence-corrected chi connectivity index (χ3v) is 5.33. The van der Waals surface area contributed by atoms with Gasteiger partial charge < -0.3 is 4.90 Å². The Balaban J connectivity index is 1.66. The van der Waals surface area contributed by atoms with Crippen molar-refractivity contribution in [3.63, 3.8) is 0 Å². The van der Waals surface area contributed by atoms with Gasteiger partial charge in [0.05, 0.1) is 5.75 Å². The molecule has 0 spiro atoms. The van der Waals surface area contributed by atoms with Crippen molar-refractivity contribution in [2.45, 2.75) is 37.2 Å². The number of ketones is 1. The van der Waals surface area contributed by atoms with Gasteiger partial charge in [0.15, 0.2) is 5.78 Å². The van der Waals surface area contributed by atoms with Crippen LogP contribution in [0.15, 0.2) is 47.4 Å². The first-order chi connectivity index (χ1) is 12.5. The van der Waals surface area contributed by atoms with Gasteiger partial charge in [0.25, 0.3) is 0 Å². The molecule has 2 aromatic carbocycles. The quantitative estimate of drug-likeness (QED) is 0.530. The van der Waals surface area contributed by atoms with Crippen LogP contribution in [0.4, 0.5) is 8.78 Å². The molecule has 0 aliphatic heterocycles. The fraction of sp³-hybridized carbons (Fsp3) is 0.300. The molecule has 2 aromatic rings. The molecule has 26 heavy (non-hydrogen) atoms. The molecule has 0 atom stereocenters. The van der Waals surface area contributed by atoms with Crippen molar-refractivity contribution in [3.8, 4) is 0 Å². The van der Waals surface area contributed by atoms with Crippen LogP contribution in [0.2, 0.25) is 0 Å². The highest BCUT2D eigenvalue weighted by atomic mass is 32.2. The summed E-state index contributed by atoms with van der Waals surface area (Å²) in [5.74, 6) is -1.12. The van der Waals surface area contributed by atoms with E-state index in [9.17, 15) is 18.4 Å². The number of nitrogens with zero attached hydrogens (tertiary/aromatic N) is 1. The van der Waals surface area contributed by atoms with Crippen LogP contribution in [0.5, 0.6) is 0 Å². The highest BCUT2D eigenvalue weighted by molar-refractivity contribution is 8.00. The normalized spacial score (nSPS) is 13.5. The van der Waals surface area contributed by atoms with Crippen molar-refractivity contribution in [1.82, 2.24) is 4.90 Å². The van der Waals surface area contributed by atoms with E-state index in [4.69, 9.17) is 0 Å². The number of rotatable bonds is 7. The summed E-state index contributed by atoms with van der Waals surface area (Å²) in [6.07, 6.45) is 1.82. The Labute approximate surface area is 155 Å². The molecule has 136 valence electrons. The van der Waals surface area contributed by atoms with Crippen molar-refractivity contribution < 1.29 is 18.4 Å². The lowest BCUT2D eigenvalue weighted by atomic mass is 10.1. The Morgan fingerprint density at radius 2 is 1.85 bits per heavy atom. The Morgan fingerprint density at radius 1 is 1.12 bits per heavy atom. The summed E-state index contributed by atoms with van der Waals surface area (Å²) in [7, 11) is 0. The molecule has 3 rings (SSSR count). The predicted octanol–water partition coefficient (Wildman–Crippen LogP) is 4.45. The number of carbonyl (C=O) groups excluding carboxylic acids is 2. The fourth-order valence-corrected chi connectivity index (χ4v) is 3.48. The minimum atomic E-state index is -0.512. The van der Waals surface area contributed by atoms with Crippen LogP contribution in [-0.4, -0.2) is 28.4 Å². The Bertz CT molecular complexity index is 836. The van der Waals surface area contributed by atoms with Crippen LogP contribution in [-0.2, 0) is 11.3 Å². The van der Waals surface area contributed by atoms with E-state index in [0.29, 0.717) is 16.0 Å². The highest BCUT2D eigenvalue weighted by Crippen LogP contribution is 2.31. The summed E-state index contributed by atoms with van der Waals surface area (Å²) in [4.78, 5) is 25.9. The molecule has 6 heteroatoms. The first-order valence-corrected chi connectivity index (χ1v) is 9.40. The van der Waals surface area contributed by atoms with E-state index in [-0.39, 0.29) is 35.8 Å². The summed E-state index contributed by atoms with van der Waals surface area (Å²) in [6, 6.07) is 10.8. The van der Waals surface area contributed by atoms with Crippen molar-refractivity contribution in [2.24, 2.45) is 0 Å². The third kappa shape index (κ3) is 4.49. The molecule has 1 fully saturated rings. The smallest absolute Gasteiger partial charge is 0.233 e. The Morgan fingerprint density at radius 3 is 2.46 bits per heavy atom. The first-order valence-electron chi connectivity index (χ1n) is 8.42. The van der Waals surface area contributed by atoms with Crippen molar-refractivity contribution in [1.29, 1.82) is 0 Å². The molecule has 1 saturated carbocycles. The van der Waals surface area contributed by atoms with E-state index < -0.39 is 5.82 Å². The molecule has 1 aliphatic carbocycles. The Kier molecular flexibility index (Phi) is 5.71. The van der Waals surface area contributed by atoms with Crippen LogP contribution in [0, 0.1) is 11.6 Å². The number of carbonyl (C=O) groups is 2. The van der Waals surface area contributed by atoms with E-state index in [1.807, 2.05) is 0 Å². The second-order valence-electron chi connectivity index (χ2n) is 6.33. The van der Waals surface area contributed by atoms with E-state index in [2.05, 4.69) is 0 Å². The van der Waals surface area contributed by atoms with Crippen LogP contribution < -0.4 is 0 Å². The second-order valence-corrected chi connectivity index (χ2v) is 7.35. The number of hydrogen-bond donors (Lipinski definition) is 0. The summed E-state index contributed by atoms with van der Waals surface area (Å²) >= 11 is 1.09. The van der Waals surface area contributed by atoms with Crippen molar-refractivity contribution in [2.75, 3.05) is 5.75 Å². The van der Waals surface area contributed by atoms with Gasteiger partial charge in [0, 0.05) is 28.6 Å². The number of halogens is 2. The standard InChI is InChI=1S/C20H19F2NO2S/c1-13(24)14-6-9-19(18(22)10-14)26-12-20(25)23(16-7-8-16)11-15-4-2-3-5-17(15)21/h2-6,9-10,16H,7-8,11-12H2,1H3. The van der Waals surface area contributed by atoms with E-state index in [1.54, 1.807) is 29.2 Å². The predicted molar refractivity (Wildman–Crippen MR) is 97.1 cm³/mol. The van der Waals surface area contributed by atoms with Gasteiger partial charge in [-0.05, 0) is 38.0 Å². The first kappa shape index (κ1) is 18.6. The lowest BCUT2D eigenvalue weighted by Crippen LogP contribution is -2.34. The average Bonchev–Trinajstić information content (AvgIpc) is 3.44. The van der Waals surface area contributed by atoms with Gasteiger partial charge in [0.2, 0.25) is 5.91 Å². The molecule has 0 N–H and O–H groups in total. The van der Waals surface area contributed by atoms with Gasteiger partial charge in [-0.2, -0.15) is 0 Å². The van der Waals surface area contributed by atoms with Crippen molar-refractivity contribution in [3.05, 3.63) is 65.2 Å². The summed E-state index contributed by atoms with van der Waals surface area (Å²) < 4.78 is 28.0. The minimum Gasteiger partial charge on any atom is -0.335 e. The summed E-state index contributed by atoms with van der Waals surface area (Å²) in [6.45, 7) is 1.60. The van der Waals surface area contributed by atoms with Gasteiger partial charge in [-0.15, -0.1) is 11.8 Å². The summed E-state index contributed by atoms with van der Waals surface area (Å²) in [5, 5.41) is 0. The molecule has 1 amide bonds. The van der Waals surface area contributed by atoms with Gasteiger partial charge >= 0.3 is 0 Å². The maximum Gasteiger partial charge on any atom is 0.233 e. The summed E-state index contributed by atoms with van der Waals surface area (Å²) in [5.41, 5.74) is 0.784. The Hall–Kier alpha value is -2.21. The number of Topliss-reactive ketones (excluding diaryl/α,β-unsaturated/α-hetero) is 1. The van der Waals surface area contributed by atoms with E-state index in [1.165, 1.54) is 25.1 Å². The number of amides is 1. The van der Waals surface area contributed by atoms with Crippen LogP contribution in [0.3, 0.4) is 0 Å². The highest BCUT2D eigenvalue weighted by Gasteiger charge is 2.32. The van der Waals surface area contributed by atoms with Gasteiger partial charge in [-0.25, -0.2) is 8.78 Å². The molecule has 0 bridgehead atoms. The van der Waals surface area contributed by atoms with Gasteiger partial charge in [-0.1, -0.05) is 24.3 Å². The molecule has 0 heterocycles. The van der Waals surface area contributed by atoms with E-state index in [0.717, 1.165) is 24.6 Å². The maximum atomic E-state index is 14.1. The zero-order chi connectivity index (χ0) is 18.7. The molecule has 0 aromatic heterocycles. The number of benzene rings is 2. The van der Waals surface area contributed by atoms with Crippen LogP contribution in [0.25, 0.3) is 0 Å². The molecule has 0 unspecified atom stereocenters. The molecular formula is C20H19F2NO2S. The molecule has 0 saturated heterocycles. The number of hydrogen-bond acceptors (Lipinski definition) is 3. The largest absolute Gasteiger partial charge is 0.335 e. The van der Waals surface area contributed by atoms with Gasteiger partial charge in [-0.3, -0.25) is 9.59 Å². The lowest BCUT2D eigenvalue weighted by Gasteiger charge is -2.22. The monoisotopic (exact) mass is 375 g/mol. The average molecular weight is 375 g/mol. The molecule has 0 radical (unpaired) electrons. The van der Waals surface area contributed by atoms with Gasteiger partial charge in [0.1, 0.15) is 11.6 Å². The fourth-order valence-electron chi connectivity index (χ4n) is 2.68. The lowest BCUT2D eigenvalue weighted by molar-refractivity contribution is -0.129. The van der Waals surface area contributed by atoms with Crippen LogP contribution in [0.1, 0.15) is 35.7 Å². The van der Waals surface area contributed by atoms with Crippen molar-refractivity contribution >= 4 is 23.5 Å². The molecular weight excluding hydrogens is 356 g/mol. The third-order valence-electron chi connectivity index (χ3n) is 4.30. The zero-order valence-electron chi connectivity index (χ0n) is 14.4. The second kappa shape index (κ2) is 7.99. The zero-order valence-corrected chi connectivity index (χ0v) is 15.2.